The third kappa shape index (κ3) is 1.68. The number of rotatable bonds is 1. The van der Waals surface area contributed by atoms with Crippen LogP contribution < -0.4 is 0 Å². The van der Waals surface area contributed by atoms with Crippen LogP contribution in [0.15, 0.2) is 42.6 Å². The standard InChI is InChI=1S/C13H10ClN3/c1-9-5-4-8-17-13(9)15-12(16-17)10-6-2-3-7-11(10)14/h2-8H,1H3. The molecular weight excluding hydrogens is 234 g/mol. The molecule has 0 saturated heterocycles. The van der Waals surface area contributed by atoms with Gasteiger partial charge in [0.05, 0.1) is 5.02 Å². The number of halogens is 1. The lowest BCUT2D eigenvalue weighted by Crippen LogP contribution is -1.87. The molecule has 0 saturated carbocycles. The van der Waals surface area contributed by atoms with Crippen molar-refractivity contribution >= 4 is 17.2 Å². The minimum Gasteiger partial charge on any atom is -0.220 e. The Bertz CT molecular complexity index is 688. The van der Waals surface area contributed by atoms with E-state index in [2.05, 4.69) is 10.1 Å². The van der Waals surface area contributed by atoms with Gasteiger partial charge in [0.25, 0.3) is 0 Å². The van der Waals surface area contributed by atoms with Gasteiger partial charge in [-0.25, -0.2) is 9.50 Å². The summed E-state index contributed by atoms with van der Waals surface area (Å²) in [5, 5.41) is 5.09. The molecule has 2 aromatic heterocycles. The highest BCUT2D eigenvalue weighted by atomic mass is 35.5. The number of hydrogen-bond acceptors (Lipinski definition) is 2. The van der Waals surface area contributed by atoms with E-state index in [1.54, 1.807) is 4.52 Å². The van der Waals surface area contributed by atoms with Crippen LogP contribution in [0.1, 0.15) is 5.56 Å². The van der Waals surface area contributed by atoms with Crippen molar-refractivity contribution in [2.75, 3.05) is 0 Å². The maximum atomic E-state index is 6.14. The Morgan fingerprint density at radius 1 is 1.12 bits per heavy atom. The molecule has 4 heteroatoms. The van der Waals surface area contributed by atoms with Gasteiger partial charge in [0.15, 0.2) is 11.5 Å². The normalized spacial score (nSPS) is 10.9. The van der Waals surface area contributed by atoms with Crippen LogP contribution in [0, 0.1) is 6.92 Å². The average Bonchev–Trinajstić information content (AvgIpc) is 2.75. The van der Waals surface area contributed by atoms with E-state index in [-0.39, 0.29) is 0 Å². The largest absolute Gasteiger partial charge is 0.220 e. The fraction of sp³-hybridized carbons (Fsp3) is 0.0769. The van der Waals surface area contributed by atoms with Gasteiger partial charge in [0.2, 0.25) is 0 Å². The highest BCUT2D eigenvalue weighted by Gasteiger charge is 2.10. The Morgan fingerprint density at radius 3 is 2.71 bits per heavy atom. The Kier molecular flexibility index (Phi) is 2.34. The van der Waals surface area contributed by atoms with Crippen LogP contribution in [0.5, 0.6) is 0 Å². The number of pyridine rings is 1. The third-order valence-electron chi connectivity index (χ3n) is 2.67. The fourth-order valence-corrected chi connectivity index (χ4v) is 2.02. The zero-order chi connectivity index (χ0) is 11.8. The molecule has 0 fully saturated rings. The van der Waals surface area contributed by atoms with Crippen molar-refractivity contribution in [2.45, 2.75) is 6.92 Å². The topological polar surface area (TPSA) is 30.2 Å². The minimum absolute atomic E-state index is 0.657. The van der Waals surface area contributed by atoms with Crippen molar-refractivity contribution in [1.29, 1.82) is 0 Å². The van der Waals surface area contributed by atoms with Crippen LogP contribution in [0.25, 0.3) is 17.0 Å². The molecule has 0 atom stereocenters. The second-order valence-electron chi connectivity index (χ2n) is 3.87. The molecule has 2 heterocycles. The first-order valence-electron chi connectivity index (χ1n) is 5.32. The van der Waals surface area contributed by atoms with Gasteiger partial charge in [0.1, 0.15) is 0 Å². The molecule has 3 aromatic rings. The Morgan fingerprint density at radius 2 is 1.94 bits per heavy atom. The maximum Gasteiger partial charge on any atom is 0.183 e. The Balaban J connectivity index is 2.26. The average molecular weight is 244 g/mol. The highest BCUT2D eigenvalue weighted by Crippen LogP contribution is 2.25. The van der Waals surface area contributed by atoms with Crippen molar-refractivity contribution in [1.82, 2.24) is 14.6 Å². The lowest BCUT2D eigenvalue weighted by molar-refractivity contribution is 0.960. The van der Waals surface area contributed by atoms with E-state index in [4.69, 9.17) is 11.6 Å². The molecule has 3 rings (SSSR count). The number of aryl methyl sites for hydroxylation is 1. The lowest BCUT2D eigenvalue weighted by Gasteiger charge is -1.96. The molecule has 0 unspecified atom stereocenters. The molecule has 0 amide bonds. The van der Waals surface area contributed by atoms with Gasteiger partial charge in [0, 0.05) is 11.8 Å². The molecule has 0 bridgehead atoms. The van der Waals surface area contributed by atoms with E-state index in [9.17, 15) is 0 Å². The lowest BCUT2D eigenvalue weighted by atomic mass is 10.2. The van der Waals surface area contributed by atoms with Crippen molar-refractivity contribution in [3.8, 4) is 11.4 Å². The highest BCUT2D eigenvalue weighted by molar-refractivity contribution is 6.33. The Labute approximate surface area is 104 Å². The van der Waals surface area contributed by atoms with E-state index in [0.717, 1.165) is 16.8 Å². The molecule has 1 aromatic carbocycles. The second kappa shape index (κ2) is 3.86. The van der Waals surface area contributed by atoms with Crippen LogP contribution in [-0.4, -0.2) is 14.6 Å². The van der Waals surface area contributed by atoms with Gasteiger partial charge in [-0.05, 0) is 30.7 Å². The van der Waals surface area contributed by atoms with Gasteiger partial charge >= 0.3 is 0 Å². The van der Waals surface area contributed by atoms with Crippen molar-refractivity contribution in [3.63, 3.8) is 0 Å². The number of nitrogens with zero attached hydrogens (tertiary/aromatic N) is 3. The summed E-state index contributed by atoms with van der Waals surface area (Å²) in [5.74, 6) is 0.657. The molecule has 3 nitrogen and oxygen atoms in total. The minimum atomic E-state index is 0.657. The maximum absolute atomic E-state index is 6.14. The van der Waals surface area contributed by atoms with E-state index in [1.165, 1.54) is 0 Å². The zero-order valence-corrected chi connectivity index (χ0v) is 10.0. The van der Waals surface area contributed by atoms with Gasteiger partial charge in [-0.1, -0.05) is 29.8 Å². The smallest absolute Gasteiger partial charge is 0.183 e. The third-order valence-corrected chi connectivity index (χ3v) is 3.00. The molecular formula is C13H10ClN3. The summed E-state index contributed by atoms with van der Waals surface area (Å²) in [5.41, 5.74) is 2.82. The second-order valence-corrected chi connectivity index (χ2v) is 4.28. The first-order valence-corrected chi connectivity index (χ1v) is 5.70. The molecule has 0 aliphatic heterocycles. The summed E-state index contributed by atoms with van der Waals surface area (Å²) in [7, 11) is 0. The van der Waals surface area contributed by atoms with Gasteiger partial charge in [-0.15, -0.1) is 5.10 Å². The van der Waals surface area contributed by atoms with Gasteiger partial charge in [-0.3, -0.25) is 0 Å². The van der Waals surface area contributed by atoms with Crippen LogP contribution in [0.3, 0.4) is 0 Å². The number of aromatic nitrogens is 3. The monoisotopic (exact) mass is 243 g/mol. The van der Waals surface area contributed by atoms with E-state index >= 15 is 0 Å². The number of benzene rings is 1. The molecule has 17 heavy (non-hydrogen) atoms. The first-order chi connectivity index (χ1) is 8.25. The van der Waals surface area contributed by atoms with Gasteiger partial charge in [-0.2, -0.15) is 0 Å². The fourth-order valence-electron chi connectivity index (χ4n) is 1.80. The van der Waals surface area contributed by atoms with E-state index < -0.39 is 0 Å². The van der Waals surface area contributed by atoms with Gasteiger partial charge < -0.3 is 0 Å². The zero-order valence-electron chi connectivity index (χ0n) is 9.26. The summed E-state index contributed by atoms with van der Waals surface area (Å²) < 4.78 is 1.77. The SMILES string of the molecule is Cc1cccn2nc(-c3ccccc3Cl)nc12. The summed E-state index contributed by atoms with van der Waals surface area (Å²) >= 11 is 6.14. The molecule has 0 N–H and O–H groups in total. The summed E-state index contributed by atoms with van der Waals surface area (Å²) in [6.45, 7) is 2.01. The van der Waals surface area contributed by atoms with Crippen LogP contribution >= 0.6 is 11.6 Å². The predicted molar refractivity (Wildman–Crippen MR) is 68.2 cm³/mol. The molecule has 0 spiro atoms. The summed E-state index contributed by atoms with van der Waals surface area (Å²) in [6.07, 6.45) is 1.88. The Hall–Kier alpha value is -1.87. The first kappa shape index (κ1) is 10.3. The van der Waals surface area contributed by atoms with Crippen molar-refractivity contribution in [3.05, 3.63) is 53.2 Å². The van der Waals surface area contributed by atoms with Crippen molar-refractivity contribution in [2.24, 2.45) is 0 Å². The van der Waals surface area contributed by atoms with E-state index in [1.807, 2.05) is 49.5 Å². The number of fused-ring (bicyclic) bond motifs is 1. The summed E-state index contributed by atoms with van der Waals surface area (Å²) in [4.78, 5) is 4.51. The molecule has 0 radical (unpaired) electrons. The quantitative estimate of drug-likeness (QED) is 0.656. The van der Waals surface area contributed by atoms with Crippen LogP contribution in [0.2, 0.25) is 5.02 Å². The summed E-state index contributed by atoms with van der Waals surface area (Å²) in [6, 6.07) is 11.6. The molecule has 0 aliphatic rings. The predicted octanol–water partition coefficient (Wildman–Crippen LogP) is 3.36. The number of hydrogen-bond donors (Lipinski definition) is 0. The molecule has 0 aliphatic carbocycles. The van der Waals surface area contributed by atoms with Crippen LogP contribution in [-0.2, 0) is 0 Å². The van der Waals surface area contributed by atoms with E-state index in [0.29, 0.717) is 10.8 Å². The molecule has 84 valence electrons. The van der Waals surface area contributed by atoms with Crippen molar-refractivity contribution < 1.29 is 0 Å². The van der Waals surface area contributed by atoms with Crippen LogP contribution in [0.4, 0.5) is 0 Å².